The number of nitrogens with zero attached hydrogens (tertiary/aromatic N) is 3. The largest absolute Gasteiger partial charge is 0.208 e. The maximum Gasteiger partial charge on any atom is 0.164 e. The Kier molecular flexibility index (Phi) is 4.20. The van der Waals surface area contributed by atoms with Gasteiger partial charge in [0, 0.05) is 22.3 Å². The summed E-state index contributed by atoms with van der Waals surface area (Å²) in [5.41, 5.74) is 7.27. The van der Waals surface area contributed by atoms with E-state index >= 15 is 0 Å². The van der Waals surface area contributed by atoms with Crippen molar-refractivity contribution in [2.45, 2.75) is 0 Å². The van der Waals surface area contributed by atoms with E-state index in [0.717, 1.165) is 55.3 Å². The van der Waals surface area contributed by atoms with Crippen LogP contribution in [-0.2, 0) is 0 Å². The highest BCUT2D eigenvalue weighted by Crippen LogP contribution is 2.52. The third-order valence-electron chi connectivity index (χ3n) is 8.25. The topological polar surface area (TPSA) is 38.7 Å². The molecule has 214 valence electrons. The quantitative estimate of drug-likeness (QED) is 0.199. The van der Waals surface area contributed by atoms with E-state index in [1.165, 1.54) is 0 Å². The Bertz CT molecular complexity index is 2820. The van der Waals surface area contributed by atoms with Crippen LogP contribution >= 0.6 is 0 Å². The third kappa shape index (κ3) is 4.41. The minimum atomic E-state index is -0.601. The van der Waals surface area contributed by atoms with Crippen LogP contribution in [0.2, 0.25) is 0 Å². The van der Waals surface area contributed by atoms with E-state index in [1.54, 1.807) is 0 Å². The van der Waals surface area contributed by atoms with Crippen molar-refractivity contribution in [2.24, 2.45) is 0 Å². The Hall–Kier alpha value is -6.19. The lowest BCUT2D eigenvalue weighted by atomic mass is 9.91. The maximum atomic E-state index is 8.78. The van der Waals surface area contributed by atoms with Gasteiger partial charge in [0.25, 0.3) is 0 Å². The smallest absolute Gasteiger partial charge is 0.164 e. The van der Waals surface area contributed by atoms with E-state index in [4.69, 9.17) is 23.7 Å². The molecule has 0 saturated carbocycles. The number of rotatable bonds is 5. The minimum absolute atomic E-state index is 0.0208. The molecule has 3 nitrogen and oxygen atoms in total. The van der Waals surface area contributed by atoms with Crippen molar-refractivity contribution in [2.75, 3.05) is 0 Å². The van der Waals surface area contributed by atoms with Crippen LogP contribution < -0.4 is 0 Å². The van der Waals surface area contributed by atoms with Crippen LogP contribution in [0.1, 0.15) is 13.7 Å². The fourth-order valence-electron chi connectivity index (χ4n) is 6.19. The number of fused-ring (bicyclic) bond motifs is 3. The Morgan fingerprint density at radius 2 is 0.891 bits per heavy atom. The van der Waals surface area contributed by atoms with Gasteiger partial charge in [0.1, 0.15) is 0 Å². The number of hydrogen-bond donors (Lipinski definition) is 0. The normalized spacial score (nSPS) is 14.5. The van der Waals surface area contributed by atoms with Crippen molar-refractivity contribution in [3.63, 3.8) is 0 Å². The van der Waals surface area contributed by atoms with E-state index in [9.17, 15) is 0 Å². The Morgan fingerprint density at radius 1 is 0.370 bits per heavy atom. The summed E-state index contributed by atoms with van der Waals surface area (Å²) >= 11 is 0. The van der Waals surface area contributed by atoms with Gasteiger partial charge in [-0.2, -0.15) is 0 Å². The van der Waals surface area contributed by atoms with Gasteiger partial charge in [-0.05, 0) is 61.8 Å². The second kappa shape index (κ2) is 10.8. The number of aromatic nitrogens is 3. The van der Waals surface area contributed by atoms with Crippen molar-refractivity contribution in [1.82, 2.24) is 15.0 Å². The molecule has 0 bridgehead atoms. The summed E-state index contributed by atoms with van der Waals surface area (Å²) in [6.45, 7) is 0. The Labute approximate surface area is 281 Å². The summed E-state index contributed by atoms with van der Waals surface area (Å²) in [4.78, 5) is 14.1. The van der Waals surface area contributed by atoms with Crippen LogP contribution in [-0.4, -0.2) is 15.0 Å². The monoisotopic (exact) mass is 595 g/mol. The molecule has 1 aliphatic rings. The highest BCUT2D eigenvalue weighted by atomic mass is 15.0. The van der Waals surface area contributed by atoms with Gasteiger partial charge in [-0.3, -0.25) is 0 Å². The Balaban J connectivity index is 1.37. The molecule has 8 aromatic rings. The summed E-state index contributed by atoms with van der Waals surface area (Å²) < 4.78 is 85.1. The molecule has 3 heteroatoms. The molecular formula is C43H27N3. The summed E-state index contributed by atoms with van der Waals surface area (Å²) in [5, 5.41) is 2.04. The Morgan fingerprint density at radius 3 is 1.52 bits per heavy atom. The molecule has 0 atom stereocenters. The van der Waals surface area contributed by atoms with E-state index in [1.807, 2.05) is 97.1 Å². The molecule has 0 aliphatic heterocycles. The first-order valence-corrected chi connectivity index (χ1v) is 14.7. The molecular weight excluding hydrogens is 558 g/mol. The van der Waals surface area contributed by atoms with Crippen molar-refractivity contribution in [3.8, 4) is 78.7 Å². The first kappa shape index (κ1) is 17.9. The van der Waals surface area contributed by atoms with Gasteiger partial charge in [0.15, 0.2) is 17.5 Å². The van der Waals surface area contributed by atoms with Crippen LogP contribution in [0.5, 0.6) is 0 Å². The van der Waals surface area contributed by atoms with Gasteiger partial charge < -0.3 is 0 Å². The summed E-state index contributed by atoms with van der Waals surface area (Å²) in [6.07, 6.45) is 0. The van der Waals surface area contributed by atoms with Crippen LogP contribution in [0, 0.1) is 0 Å². The first-order valence-electron chi connectivity index (χ1n) is 19.7. The lowest BCUT2D eigenvalue weighted by Crippen LogP contribution is -2.01. The molecule has 1 aromatic heterocycles. The van der Waals surface area contributed by atoms with Crippen LogP contribution in [0.15, 0.2) is 164 Å². The van der Waals surface area contributed by atoms with Crippen molar-refractivity contribution < 1.29 is 13.7 Å². The van der Waals surface area contributed by atoms with Gasteiger partial charge in [0.2, 0.25) is 0 Å². The van der Waals surface area contributed by atoms with E-state index in [0.29, 0.717) is 5.56 Å². The summed E-state index contributed by atoms with van der Waals surface area (Å²) in [6, 6.07) is 28.4. The molecule has 0 amide bonds. The van der Waals surface area contributed by atoms with Gasteiger partial charge in [-0.25, -0.2) is 15.0 Å². The second-order valence-electron chi connectivity index (χ2n) is 10.9. The third-order valence-corrected chi connectivity index (χ3v) is 8.25. The van der Waals surface area contributed by atoms with Crippen molar-refractivity contribution in [3.05, 3.63) is 164 Å². The van der Waals surface area contributed by atoms with Crippen molar-refractivity contribution >= 4 is 10.8 Å². The minimum Gasteiger partial charge on any atom is -0.208 e. The van der Waals surface area contributed by atoms with Crippen LogP contribution in [0.4, 0.5) is 0 Å². The van der Waals surface area contributed by atoms with Gasteiger partial charge in [0.05, 0.1) is 13.7 Å². The van der Waals surface area contributed by atoms with Gasteiger partial charge in [-0.15, -0.1) is 0 Å². The van der Waals surface area contributed by atoms with Gasteiger partial charge >= 0.3 is 0 Å². The van der Waals surface area contributed by atoms with Gasteiger partial charge in [-0.1, -0.05) is 151 Å². The molecule has 0 N–H and O–H groups in total. The first-order chi connectivity index (χ1) is 26.9. The molecule has 46 heavy (non-hydrogen) atoms. The molecule has 1 aliphatic carbocycles. The number of hydrogen-bond acceptors (Lipinski definition) is 3. The predicted molar refractivity (Wildman–Crippen MR) is 189 cm³/mol. The average molecular weight is 596 g/mol. The SMILES string of the molecule is [2H]c1c([2H])c([2H])c(-c2nc(-c3cc(-c4ccc(-c5ccccc5)cc4)cc4c3-c3cccc5cccc-4c35)nc(-c3c([2H])c([2H])c([2H])c([2H])c3[2H])n2)c([2H])c1[2H]. The lowest BCUT2D eigenvalue weighted by molar-refractivity contribution is 1.07. The average Bonchev–Trinajstić information content (AvgIpc) is 3.55. The zero-order valence-corrected chi connectivity index (χ0v) is 24.2. The van der Waals surface area contributed by atoms with E-state index < -0.39 is 60.4 Å². The fourth-order valence-corrected chi connectivity index (χ4v) is 6.19. The highest BCUT2D eigenvalue weighted by molar-refractivity contribution is 6.18. The molecule has 1 heterocycles. The lowest BCUT2D eigenvalue weighted by Gasteiger charge is -2.15. The molecule has 9 rings (SSSR count). The molecule has 0 radical (unpaired) electrons. The summed E-state index contributed by atoms with van der Waals surface area (Å²) in [5.74, 6) is -0.602. The maximum absolute atomic E-state index is 8.78. The predicted octanol–water partition coefficient (Wildman–Crippen LogP) is 11.0. The molecule has 7 aromatic carbocycles. The van der Waals surface area contributed by atoms with Crippen molar-refractivity contribution in [1.29, 1.82) is 0 Å². The van der Waals surface area contributed by atoms with Crippen LogP contribution in [0.3, 0.4) is 0 Å². The molecule has 0 spiro atoms. The zero-order valence-electron chi connectivity index (χ0n) is 34.2. The number of benzene rings is 7. The fraction of sp³-hybridized carbons (Fsp3) is 0. The second-order valence-corrected chi connectivity index (χ2v) is 10.9. The summed E-state index contributed by atoms with van der Waals surface area (Å²) in [7, 11) is 0. The molecule has 0 fully saturated rings. The van der Waals surface area contributed by atoms with E-state index in [-0.39, 0.29) is 28.6 Å². The highest BCUT2D eigenvalue weighted by Gasteiger charge is 2.27. The molecule has 0 saturated heterocycles. The molecule has 0 unspecified atom stereocenters. The van der Waals surface area contributed by atoms with Crippen LogP contribution in [0.25, 0.3) is 89.4 Å². The van der Waals surface area contributed by atoms with E-state index in [2.05, 4.69) is 11.1 Å². The zero-order chi connectivity index (χ0) is 39.2. The standard InChI is InChI=1S/C43H27N3/c1-4-12-28(13-5-1)29-22-24-30(25-23-29)34-26-37-35-20-10-18-31-19-11-21-36(39(31)35)40(37)38(27-34)43-45-41(32-14-6-2-7-15-32)44-42(46-43)33-16-8-3-9-17-33/h1-27H/i2D,3D,6D,7D,8D,9D,14D,15D,16D,17D.